The molecule has 0 unspecified atom stereocenters. The van der Waals surface area contributed by atoms with Crippen molar-refractivity contribution in [2.24, 2.45) is 0 Å². The summed E-state index contributed by atoms with van der Waals surface area (Å²) in [6.07, 6.45) is 0.888. The average molecular weight is 227 g/mol. The fraction of sp³-hybridized carbons (Fsp3) is 0.231. The van der Waals surface area contributed by atoms with Crippen molar-refractivity contribution in [3.05, 3.63) is 46.8 Å². The molecule has 0 amide bonds. The highest BCUT2D eigenvalue weighted by atomic mass is 16.1. The SMILES string of the molecule is Cc1ccc(-n2nc3c(c2C=O)CNC3)cc1. The van der Waals surface area contributed by atoms with Crippen molar-refractivity contribution >= 4 is 6.29 Å². The van der Waals surface area contributed by atoms with Crippen LogP contribution in [0.5, 0.6) is 0 Å². The van der Waals surface area contributed by atoms with Gasteiger partial charge in [-0.05, 0) is 19.1 Å². The van der Waals surface area contributed by atoms with Crippen molar-refractivity contribution in [3.63, 3.8) is 0 Å². The molecule has 3 rings (SSSR count). The van der Waals surface area contributed by atoms with E-state index in [-0.39, 0.29) is 0 Å². The van der Waals surface area contributed by atoms with E-state index in [0.717, 1.165) is 36.3 Å². The molecular weight excluding hydrogens is 214 g/mol. The van der Waals surface area contributed by atoms with Crippen LogP contribution in [0.1, 0.15) is 27.3 Å². The normalized spacial score (nSPS) is 13.7. The van der Waals surface area contributed by atoms with E-state index in [0.29, 0.717) is 5.69 Å². The largest absolute Gasteiger partial charge is 0.307 e. The lowest BCUT2D eigenvalue weighted by Crippen LogP contribution is -2.09. The van der Waals surface area contributed by atoms with Gasteiger partial charge in [-0.25, -0.2) is 4.68 Å². The van der Waals surface area contributed by atoms with Crippen LogP contribution in [0.25, 0.3) is 5.69 Å². The fourth-order valence-corrected chi connectivity index (χ4v) is 2.15. The molecule has 4 heteroatoms. The standard InChI is InChI=1S/C13H13N3O/c1-9-2-4-10(5-3-9)16-13(8-17)11-6-14-7-12(11)15-16/h2-5,8,14H,6-7H2,1H3. The number of benzene rings is 1. The number of nitrogens with zero attached hydrogens (tertiary/aromatic N) is 2. The molecule has 4 nitrogen and oxygen atoms in total. The molecule has 0 spiro atoms. The highest BCUT2D eigenvalue weighted by Gasteiger charge is 2.21. The number of carbonyl (C=O) groups is 1. The van der Waals surface area contributed by atoms with E-state index in [1.165, 1.54) is 5.56 Å². The highest BCUT2D eigenvalue weighted by Crippen LogP contribution is 2.21. The summed E-state index contributed by atoms with van der Waals surface area (Å²) in [5.74, 6) is 0. The smallest absolute Gasteiger partial charge is 0.168 e. The number of fused-ring (bicyclic) bond motifs is 1. The molecular formula is C13H13N3O. The molecule has 1 aliphatic heterocycles. The summed E-state index contributed by atoms with van der Waals surface area (Å²) in [7, 11) is 0. The Morgan fingerprint density at radius 2 is 2.06 bits per heavy atom. The van der Waals surface area contributed by atoms with Crippen molar-refractivity contribution in [1.29, 1.82) is 0 Å². The summed E-state index contributed by atoms with van der Waals surface area (Å²) >= 11 is 0. The zero-order valence-electron chi connectivity index (χ0n) is 9.60. The Bertz CT molecular complexity index is 569. The van der Waals surface area contributed by atoms with Crippen molar-refractivity contribution in [3.8, 4) is 5.69 Å². The number of hydrogen-bond acceptors (Lipinski definition) is 3. The summed E-state index contributed by atoms with van der Waals surface area (Å²) in [5, 5.41) is 7.68. The molecule has 0 saturated carbocycles. The van der Waals surface area contributed by atoms with Crippen molar-refractivity contribution in [2.75, 3.05) is 0 Å². The van der Waals surface area contributed by atoms with Crippen molar-refractivity contribution in [1.82, 2.24) is 15.1 Å². The Balaban J connectivity index is 2.15. The molecule has 0 saturated heterocycles. The van der Waals surface area contributed by atoms with Crippen LogP contribution < -0.4 is 5.32 Å². The molecule has 0 bridgehead atoms. The minimum absolute atomic E-state index is 0.661. The van der Waals surface area contributed by atoms with Gasteiger partial charge in [0.25, 0.3) is 0 Å². The number of aromatic nitrogens is 2. The zero-order chi connectivity index (χ0) is 11.8. The molecule has 2 aromatic rings. The Morgan fingerprint density at radius 1 is 1.29 bits per heavy atom. The number of nitrogens with one attached hydrogen (secondary N) is 1. The number of aldehydes is 1. The topological polar surface area (TPSA) is 46.9 Å². The second-order valence-corrected chi connectivity index (χ2v) is 4.28. The summed E-state index contributed by atoms with van der Waals surface area (Å²) in [4.78, 5) is 11.2. The van der Waals surface area contributed by atoms with Crippen LogP contribution in [0.3, 0.4) is 0 Å². The Hall–Kier alpha value is -1.94. The van der Waals surface area contributed by atoms with E-state index >= 15 is 0 Å². The molecule has 0 radical (unpaired) electrons. The Morgan fingerprint density at radius 3 is 2.76 bits per heavy atom. The van der Waals surface area contributed by atoms with Crippen molar-refractivity contribution in [2.45, 2.75) is 20.0 Å². The van der Waals surface area contributed by atoms with Gasteiger partial charge in [-0.15, -0.1) is 0 Å². The highest BCUT2D eigenvalue weighted by molar-refractivity contribution is 5.76. The van der Waals surface area contributed by atoms with Gasteiger partial charge in [-0.3, -0.25) is 4.79 Å². The molecule has 17 heavy (non-hydrogen) atoms. The Kier molecular flexibility index (Phi) is 2.30. The van der Waals surface area contributed by atoms with Gasteiger partial charge in [0.2, 0.25) is 0 Å². The molecule has 86 valence electrons. The monoisotopic (exact) mass is 227 g/mol. The van der Waals surface area contributed by atoms with E-state index in [2.05, 4.69) is 10.4 Å². The van der Waals surface area contributed by atoms with E-state index in [1.807, 2.05) is 31.2 Å². The summed E-state index contributed by atoms with van der Waals surface area (Å²) < 4.78 is 1.73. The Labute approximate surface area is 99.3 Å². The summed E-state index contributed by atoms with van der Waals surface area (Å²) in [6.45, 7) is 3.52. The van der Waals surface area contributed by atoms with Gasteiger partial charge < -0.3 is 5.32 Å². The van der Waals surface area contributed by atoms with Gasteiger partial charge in [-0.2, -0.15) is 5.10 Å². The van der Waals surface area contributed by atoms with Gasteiger partial charge in [0, 0.05) is 18.7 Å². The van der Waals surface area contributed by atoms with E-state index in [4.69, 9.17) is 0 Å². The number of rotatable bonds is 2. The number of carbonyl (C=O) groups excluding carboxylic acids is 1. The molecule has 0 atom stereocenters. The molecule has 2 heterocycles. The molecule has 0 fully saturated rings. The zero-order valence-corrected chi connectivity index (χ0v) is 9.60. The summed E-state index contributed by atoms with van der Waals surface area (Å²) in [6, 6.07) is 8.01. The van der Waals surface area contributed by atoms with E-state index in [1.54, 1.807) is 4.68 Å². The lowest BCUT2D eigenvalue weighted by atomic mass is 10.2. The predicted molar refractivity (Wildman–Crippen MR) is 64.2 cm³/mol. The second-order valence-electron chi connectivity index (χ2n) is 4.28. The van der Waals surface area contributed by atoms with Crippen LogP contribution in [-0.4, -0.2) is 16.1 Å². The maximum absolute atomic E-state index is 11.2. The lowest BCUT2D eigenvalue weighted by Gasteiger charge is -2.05. The molecule has 1 aliphatic rings. The molecule has 1 aromatic heterocycles. The molecule has 1 aromatic carbocycles. The average Bonchev–Trinajstić information content (AvgIpc) is 2.89. The van der Waals surface area contributed by atoms with Gasteiger partial charge >= 0.3 is 0 Å². The van der Waals surface area contributed by atoms with Crippen LogP contribution in [0.4, 0.5) is 0 Å². The maximum Gasteiger partial charge on any atom is 0.168 e. The predicted octanol–water partition coefficient (Wildman–Crippen LogP) is 1.60. The summed E-state index contributed by atoms with van der Waals surface area (Å²) in [5.41, 5.74) is 4.80. The first-order chi connectivity index (χ1) is 8.29. The van der Waals surface area contributed by atoms with Gasteiger partial charge in [0.05, 0.1) is 11.4 Å². The molecule has 1 N–H and O–H groups in total. The molecule has 0 aliphatic carbocycles. The van der Waals surface area contributed by atoms with Crippen LogP contribution in [-0.2, 0) is 13.1 Å². The first-order valence-electron chi connectivity index (χ1n) is 5.63. The van der Waals surface area contributed by atoms with Crippen LogP contribution in [0, 0.1) is 6.92 Å². The fourth-order valence-electron chi connectivity index (χ4n) is 2.15. The van der Waals surface area contributed by atoms with Crippen LogP contribution >= 0.6 is 0 Å². The number of hydrogen-bond donors (Lipinski definition) is 1. The third kappa shape index (κ3) is 1.57. The quantitative estimate of drug-likeness (QED) is 0.793. The first kappa shape index (κ1) is 10.2. The third-order valence-corrected chi connectivity index (χ3v) is 3.09. The van der Waals surface area contributed by atoms with Gasteiger partial charge in [0.1, 0.15) is 5.69 Å². The van der Waals surface area contributed by atoms with Gasteiger partial charge in [0.15, 0.2) is 6.29 Å². The maximum atomic E-state index is 11.2. The number of aryl methyl sites for hydroxylation is 1. The third-order valence-electron chi connectivity index (χ3n) is 3.09. The van der Waals surface area contributed by atoms with Crippen LogP contribution in [0.15, 0.2) is 24.3 Å². The minimum Gasteiger partial charge on any atom is -0.307 e. The van der Waals surface area contributed by atoms with E-state index < -0.39 is 0 Å². The first-order valence-corrected chi connectivity index (χ1v) is 5.63. The van der Waals surface area contributed by atoms with E-state index in [9.17, 15) is 4.79 Å². The van der Waals surface area contributed by atoms with Gasteiger partial charge in [-0.1, -0.05) is 17.7 Å². The van der Waals surface area contributed by atoms with Crippen LogP contribution in [0.2, 0.25) is 0 Å². The lowest BCUT2D eigenvalue weighted by molar-refractivity contribution is 0.111. The minimum atomic E-state index is 0.661. The second kappa shape index (κ2) is 3.82. The van der Waals surface area contributed by atoms with Crippen molar-refractivity contribution < 1.29 is 4.79 Å².